The summed E-state index contributed by atoms with van der Waals surface area (Å²) in [6, 6.07) is 8.42. The summed E-state index contributed by atoms with van der Waals surface area (Å²) in [5, 5.41) is 2.49. The molecule has 4 heteroatoms. The molecule has 0 N–H and O–H groups in total. The molecule has 2 nitrogen and oxygen atoms in total. The molecule has 20 heavy (non-hydrogen) atoms. The summed E-state index contributed by atoms with van der Waals surface area (Å²) in [4.78, 5) is 7.68. The highest BCUT2D eigenvalue weighted by Gasteiger charge is 2.24. The molecular weight excluding hydrogens is 380 g/mol. The molecule has 0 spiro atoms. The lowest BCUT2D eigenvalue weighted by Crippen LogP contribution is -2.36. The van der Waals surface area contributed by atoms with Gasteiger partial charge >= 0.3 is 0 Å². The maximum atomic E-state index is 4.63. The van der Waals surface area contributed by atoms with E-state index >= 15 is 0 Å². The number of hydrogen-bond acceptors (Lipinski definition) is 2. The molecule has 1 unspecified atom stereocenters. The normalized spacial score (nSPS) is 18.4. The summed E-state index contributed by atoms with van der Waals surface area (Å²) in [5.41, 5.74) is 0. The summed E-state index contributed by atoms with van der Waals surface area (Å²) in [6.07, 6.45) is 4.39. The second-order valence-corrected chi connectivity index (χ2v) is 7.77. The molecule has 106 valence electrons. The van der Waals surface area contributed by atoms with Crippen molar-refractivity contribution in [1.82, 2.24) is 4.98 Å². The summed E-state index contributed by atoms with van der Waals surface area (Å²) >= 11 is 7.35. The molecule has 1 aromatic carbocycles. The third-order valence-electron chi connectivity index (χ3n) is 4.22. The lowest BCUT2D eigenvalue weighted by atomic mass is 9.94. The standard InChI is InChI=1S/C16H18Br2N2/c1-11(17)12-6-9-20(10-7-12)16-14-3-2-4-15(18)13(14)5-8-19-16/h2-5,8,11-12H,6-7,9-10H2,1H3. The van der Waals surface area contributed by atoms with Crippen LogP contribution in [0.15, 0.2) is 34.9 Å². The fourth-order valence-electron chi connectivity index (χ4n) is 2.98. The van der Waals surface area contributed by atoms with E-state index in [4.69, 9.17) is 0 Å². The highest BCUT2D eigenvalue weighted by atomic mass is 79.9. The van der Waals surface area contributed by atoms with Crippen molar-refractivity contribution in [3.8, 4) is 0 Å². The van der Waals surface area contributed by atoms with Crippen molar-refractivity contribution in [3.63, 3.8) is 0 Å². The van der Waals surface area contributed by atoms with Gasteiger partial charge in [-0.15, -0.1) is 0 Å². The van der Waals surface area contributed by atoms with E-state index in [0.29, 0.717) is 4.83 Å². The lowest BCUT2D eigenvalue weighted by Gasteiger charge is -2.34. The summed E-state index contributed by atoms with van der Waals surface area (Å²) in [5.74, 6) is 1.91. The van der Waals surface area contributed by atoms with Gasteiger partial charge in [0, 0.05) is 39.4 Å². The largest absolute Gasteiger partial charge is 0.356 e. The number of pyridine rings is 1. The molecule has 1 fully saturated rings. The topological polar surface area (TPSA) is 16.1 Å². The number of rotatable bonds is 2. The maximum Gasteiger partial charge on any atom is 0.136 e. The van der Waals surface area contributed by atoms with Crippen molar-refractivity contribution < 1.29 is 0 Å². The second-order valence-electron chi connectivity index (χ2n) is 5.47. The van der Waals surface area contributed by atoms with E-state index in [2.05, 4.69) is 72.9 Å². The van der Waals surface area contributed by atoms with Crippen molar-refractivity contribution in [2.24, 2.45) is 5.92 Å². The Morgan fingerprint density at radius 2 is 1.95 bits per heavy atom. The number of anilines is 1. The van der Waals surface area contributed by atoms with E-state index in [1.807, 2.05) is 6.20 Å². The molecule has 1 aliphatic heterocycles. The van der Waals surface area contributed by atoms with E-state index in [9.17, 15) is 0 Å². The van der Waals surface area contributed by atoms with Crippen LogP contribution in [0.3, 0.4) is 0 Å². The molecule has 2 aromatic rings. The second kappa shape index (κ2) is 6.02. The Morgan fingerprint density at radius 1 is 1.20 bits per heavy atom. The number of hydrogen-bond donors (Lipinski definition) is 0. The van der Waals surface area contributed by atoms with Crippen molar-refractivity contribution in [3.05, 3.63) is 34.9 Å². The molecule has 1 atom stereocenters. The van der Waals surface area contributed by atoms with Gasteiger partial charge in [-0.25, -0.2) is 4.98 Å². The Morgan fingerprint density at radius 3 is 2.65 bits per heavy atom. The van der Waals surface area contributed by atoms with Crippen molar-refractivity contribution in [1.29, 1.82) is 0 Å². The molecular formula is C16H18Br2N2. The maximum absolute atomic E-state index is 4.63. The summed E-state index contributed by atoms with van der Waals surface area (Å²) in [7, 11) is 0. The van der Waals surface area contributed by atoms with E-state index in [-0.39, 0.29) is 0 Å². The highest BCUT2D eigenvalue weighted by molar-refractivity contribution is 9.10. The monoisotopic (exact) mass is 396 g/mol. The molecule has 2 heterocycles. The van der Waals surface area contributed by atoms with Crippen molar-refractivity contribution in [2.75, 3.05) is 18.0 Å². The Kier molecular flexibility index (Phi) is 4.32. The van der Waals surface area contributed by atoms with Gasteiger partial charge < -0.3 is 4.90 Å². The zero-order chi connectivity index (χ0) is 14.1. The van der Waals surface area contributed by atoms with Crippen LogP contribution < -0.4 is 4.90 Å². The van der Waals surface area contributed by atoms with Gasteiger partial charge in [0.05, 0.1) is 0 Å². The van der Waals surface area contributed by atoms with E-state index in [1.165, 1.54) is 23.6 Å². The molecule has 0 bridgehead atoms. The number of nitrogens with zero attached hydrogens (tertiary/aromatic N) is 2. The number of alkyl halides is 1. The molecule has 1 aromatic heterocycles. The average molecular weight is 398 g/mol. The first-order valence-electron chi connectivity index (χ1n) is 7.09. The van der Waals surface area contributed by atoms with Crippen LogP contribution in [0.5, 0.6) is 0 Å². The molecule has 0 radical (unpaired) electrons. The summed E-state index contributed by atoms with van der Waals surface area (Å²) in [6.45, 7) is 4.45. The van der Waals surface area contributed by atoms with E-state index in [1.54, 1.807) is 0 Å². The molecule has 1 saturated heterocycles. The number of benzene rings is 1. The molecule has 1 aliphatic rings. The summed E-state index contributed by atoms with van der Waals surface area (Å²) < 4.78 is 1.14. The van der Waals surface area contributed by atoms with Crippen LogP contribution in [0.1, 0.15) is 19.8 Å². The number of aromatic nitrogens is 1. The molecule has 3 rings (SSSR count). The number of piperidine rings is 1. The van der Waals surface area contributed by atoms with E-state index in [0.717, 1.165) is 29.3 Å². The van der Waals surface area contributed by atoms with Crippen LogP contribution in [-0.4, -0.2) is 22.9 Å². The first kappa shape index (κ1) is 14.3. The zero-order valence-electron chi connectivity index (χ0n) is 11.5. The zero-order valence-corrected chi connectivity index (χ0v) is 14.7. The van der Waals surface area contributed by atoms with Crippen molar-refractivity contribution in [2.45, 2.75) is 24.6 Å². The highest BCUT2D eigenvalue weighted by Crippen LogP contribution is 2.33. The smallest absolute Gasteiger partial charge is 0.136 e. The lowest BCUT2D eigenvalue weighted by molar-refractivity contribution is 0.406. The Labute approximate surface area is 136 Å². The Balaban J connectivity index is 1.90. The van der Waals surface area contributed by atoms with E-state index < -0.39 is 0 Å². The van der Waals surface area contributed by atoms with Crippen LogP contribution in [0, 0.1) is 5.92 Å². The molecule has 0 saturated carbocycles. The van der Waals surface area contributed by atoms with Gasteiger partial charge in [-0.3, -0.25) is 0 Å². The van der Waals surface area contributed by atoms with Crippen molar-refractivity contribution >= 4 is 48.5 Å². The van der Waals surface area contributed by atoms with Crippen LogP contribution in [0.4, 0.5) is 5.82 Å². The molecule has 0 aliphatic carbocycles. The fourth-order valence-corrected chi connectivity index (χ4v) is 4.00. The minimum Gasteiger partial charge on any atom is -0.356 e. The average Bonchev–Trinajstić information content (AvgIpc) is 2.47. The fraction of sp³-hybridized carbons (Fsp3) is 0.438. The van der Waals surface area contributed by atoms with Gasteiger partial charge in [0.1, 0.15) is 5.82 Å². The minimum atomic E-state index is 0.610. The quantitative estimate of drug-likeness (QED) is 0.663. The number of fused-ring (bicyclic) bond motifs is 1. The van der Waals surface area contributed by atoms with Gasteiger partial charge in [0.15, 0.2) is 0 Å². The predicted molar refractivity (Wildman–Crippen MR) is 92.8 cm³/mol. The third kappa shape index (κ3) is 2.73. The molecule has 0 amide bonds. The van der Waals surface area contributed by atoms with Crippen LogP contribution in [0.25, 0.3) is 10.8 Å². The van der Waals surface area contributed by atoms with Gasteiger partial charge in [-0.2, -0.15) is 0 Å². The minimum absolute atomic E-state index is 0.610. The first-order valence-corrected chi connectivity index (χ1v) is 8.80. The predicted octanol–water partition coefficient (Wildman–Crippen LogP) is 5.00. The van der Waals surface area contributed by atoms with Crippen LogP contribution in [-0.2, 0) is 0 Å². The van der Waals surface area contributed by atoms with Gasteiger partial charge in [-0.05, 0) is 30.9 Å². The Bertz CT molecular complexity index is 604. The number of halogens is 2. The van der Waals surface area contributed by atoms with Gasteiger partial charge in [-0.1, -0.05) is 50.9 Å². The van der Waals surface area contributed by atoms with Crippen LogP contribution >= 0.6 is 31.9 Å². The van der Waals surface area contributed by atoms with Crippen LogP contribution in [0.2, 0.25) is 0 Å². The third-order valence-corrected chi connectivity index (χ3v) is 5.66. The van der Waals surface area contributed by atoms with Gasteiger partial charge in [0.25, 0.3) is 0 Å². The Hall–Kier alpha value is -0.610. The van der Waals surface area contributed by atoms with Gasteiger partial charge in [0.2, 0.25) is 0 Å². The SMILES string of the molecule is CC(Br)C1CCN(c2nccc3c(Br)cccc23)CC1. The first-order chi connectivity index (χ1) is 9.66.